The molecule has 9 heteroatoms. The number of fused-ring (bicyclic) bond motifs is 1. The van der Waals surface area contributed by atoms with Gasteiger partial charge in [0.1, 0.15) is 24.7 Å². The van der Waals surface area contributed by atoms with E-state index in [4.69, 9.17) is 33.4 Å². The number of carbonyl (C=O) groups is 2. The Morgan fingerprint density at radius 2 is 1.43 bits per heavy atom. The third kappa shape index (κ3) is 7.03. The van der Waals surface area contributed by atoms with E-state index in [2.05, 4.69) is 0 Å². The summed E-state index contributed by atoms with van der Waals surface area (Å²) in [5, 5.41) is 0. The van der Waals surface area contributed by atoms with Crippen molar-refractivity contribution in [2.45, 2.75) is 44.9 Å². The van der Waals surface area contributed by atoms with Gasteiger partial charge in [-0.2, -0.15) is 0 Å². The van der Waals surface area contributed by atoms with Crippen molar-refractivity contribution < 1.29 is 38.0 Å². The van der Waals surface area contributed by atoms with E-state index in [-0.39, 0.29) is 31.3 Å². The lowest BCUT2D eigenvalue weighted by Gasteiger charge is -2.38. The lowest BCUT2D eigenvalue weighted by molar-refractivity contribution is -0.140. The van der Waals surface area contributed by atoms with E-state index in [9.17, 15) is 9.59 Å². The summed E-state index contributed by atoms with van der Waals surface area (Å²) in [6.07, 6.45) is 1.69. The fourth-order valence-electron chi connectivity index (χ4n) is 6.24. The third-order valence-corrected chi connectivity index (χ3v) is 8.39. The van der Waals surface area contributed by atoms with Crippen LogP contribution in [0.15, 0.2) is 83.0 Å². The normalized spacial score (nSPS) is 19.1. The topological polar surface area (TPSA) is 102 Å². The van der Waals surface area contributed by atoms with Crippen LogP contribution < -0.4 is 23.7 Å². The summed E-state index contributed by atoms with van der Waals surface area (Å²) in [7, 11) is 4.76. The van der Waals surface area contributed by atoms with Gasteiger partial charge in [-0.1, -0.05) is 37.3 Å². The fourth-order valence-corrected chi connectivity index (χ4v) is 6.24. The standard InChI is InChI=1S/C37H41NO8/c1-6-16-45-31-15-13-25(22-33(31)43-5)35-34(37(40)46-18-17-44-27-10-8-7-9-11-27)23(2)38-28-19-26(20-29(39)36(28)35)24-12-14-30(41-3)32(21-24)42-4/h7-15,21-22,26,35-36H,6,16-20H2,1-5H3/t26-,35-,36?/m1/s1. The van der Waals surface area contributed by atoms with E-state index in [0.29, 0.717) is 53.0 Å². The van der Waals surface area contributed by atoms with Crippen LogP contribution in [0.25, 0.3) is 0 Å². The van der Waals surface area contributed by atoms with Crippen molar-refractivity contribution in [2.24, 2.45) is 10.9 Å². The number of para-hydroxylation sites is 1. The summed E-state index contributed by atoms with van der Waals surface area (Å²) in [4.78, 5) is 32.8. The highest BCUT2D eigenvalue weighted by Gasteiger charge is 2.46. The molecule has 0 bridgehead atoms. The number of allylic oxidation sites excluding steroid dienone is 1. The van der Waals surface area contributed by atoms with E-state index < -0.39 is 17.8 Å². The van der Waals surface area contributed by atoms with Gasteiger partial charge in [-0.25, -0.2) is 4.79 Å². The molecule has 3 aromatic carbocycles. The van der Waals surface area contributed by atoms with Crippen molar-refractivity contribution in [3.8, 4) is 28.7 Å². The number of ether oxygens (including phenoxy) is 6. The lowest BCUT2D eigenvalue weighted by atomic mass is 9.66. The Hall–Kier alpha value is -4.79. The third-order valence-electron chi connectivity index (χ3n) is 8.39. The van der Waals surface area contributed by atoms with Crippen LogP contribution in [0.2, 0.25) is 0 Å². The van der Waals surface area contributed by atoms with E-state index in [1.165, 1.54) is 0 Å². The van der Waals surface area contributed by atoms with E-state index >= 15 is 0 Å². The second-order valence-corrected chi connectivity index (χ2v) is 11.3. The first-order valence-corrected chi connectivity index (χ1v) is 15.6. The number of rotatable bonds is 13. The predicted octanol–water partition coefficient (Wildman–Crippen LogP) is 6.70. The quantitative estimate of drug-likeness (QED) is 0.152. The number of aliphatic imine (C=N–C) groups is 1. The van der Waals surface area contributed by atoms with Crippen LogP contribution >= 0.6 is 0 Å². The molecule has 1 aliphatic carbocycles. The average molecular weight is 628 g/mol. The number of ketones is 1. The molecule has 46 heavy (non-hydrogen) atoms. The molecule has 2 aliphatic rings. The van der Waals surface area contributed by atoms with E-state index in [1.54, 1.807) is 28.3 Å². The number of Topliss-reactive ketones (excluding diaryl/α,β-unsaturated/α-hetero) is 1. The number of esters is 1. The first-order chi connectivity index (χ1) is 22.4. The molecule has 0 amide bonds. The van der Waals surface area contributed by atoms with E-state index in [0.717, 1.165) is 23.3 Å². The molecule has 0 aromatic heterocycles. The van der Waals surface area contributed by atoms with Gasteiger partial charge < -0.3 is 28.4 Å². The molecule has 0 spiro atoms. The van der Waals surface area contributed by atoms with Gasteiger partial charge in [0, 0.05) is 23.7 Å². The zero-order valence-electron chi connectivity index (χ0n) is 27.0. The van der Waals surface area contributed by atoms with E-state index in [1.807, 2.05) is 73.7 Å². The van der Waals surface area contributed by atoms with Crippen molar-refractivity contribution in [1.29, 1.82) is 0 Å². The Bertz CT molecular complexity index is 1610. The first-order valence-electron chi connectivity index (χ1n) is 15.6. The molecular formula is C37H41NO8. The van der Waals surface area contributed by atoms with Crippen molar-refractivity contribution in [3.05, 3.63) is 89.1 Å². The van der Waals surface area contributed by atoms with Crippen LogP contribution in [0.3, 0.4) is 0 Å². The van der Waals surface area contributed by atoms with Crippen LogP contribution in [0.1, 0.15) is 56.1 Å². The minimum Gasteiger partial charge on any atom is -0.493 e. The molecule has 1 fully saturated rings. The number of hydrogen-bond donors (Lipinski definition) is 0. The molecular weight excluding hydrogens is 586 g/mol. The number of carbonyl (C=O) groups excluding carboxylic acids is 2. The Labute approximate surface area is 270 Å². The lowest BCUT2D eigenvalue weighted by Crippen LogP contribution is -2.41. The highest BCUT2D eigenvalue weighted by atomic mass is 16.6. The minimum absolute atomic E-state index is 0.00488. The second kappa shape index (κ2) is 15.0. The monoisotopic (exact) mass is 627 g/mol. The largest absolute Gasteiger partial charge is 0.493 e. The van der Waals surface area contributed by atoms with Gasteiger partial charge in [0.05, 0.1) is 39.4 Å². The molecule has 0 N–H and O–H groups in total. The van der Waals surface area contributed by atoms with Crippen LogP contribution in [0.5, 0.6) is 28.7 Å². The smallest absolute Gasteiger partial charge is 0.336 e. The van der Waals surface area contributed by atoms with Crippen molar-refractivity contribution in [1.82, 2.24) is 0 Å². The number of hydrogen-bond acceptors (Lipinski definition) is 9. The Morgan fingerprint density at radius 1 is 0.761 bits per heavy atom. The maximum atomic E-state index is 14.1. The molecule has 5 rings (SSSR count). The van der Waals surface area contributed by atoms with Crippen LogP contribution in [-0.4, -0.2) is 58.6 Å². The van der Waals surface area contributed by atoms with Crippen LogP contribution in [-0.2, 0) is 14.3 Å². The van der Waals surface area contributed by atoms with Crippen molar-refractivity contribution >= 4 is 17.5 Å². The predicted molar refractivity (Wildman–Crippen MR) is 175 cm³/mol. The molecule has 242 valence electrons. The summed E-state index contributed by atoms with van der Waals surface area (Å²) < 4.78 is 34.0. The summed E-state index contributed by atoms with van der Waals surface area (Å²) in [5.74, 6) is 1.19. The zero-order chi connectivity index (χ0) is 32.6. The van der Waals surface area contributed by atoms with Gasteiger partial charge in [0.2, 0.25) is 0 Å². The zero-order valence-corrected chi connectivity index (χ0v) is 27.0. The number of methoxy groups -OCH3 is 3. The maximum absolute atomic E-state index is 14.1. The number of benzene rings is 3. The van der Waals surface area contributed by atoms with Crippen LogP contribution in [0.4, 0.5) is 0 Å². The summed E-state index contributed by atoms with van der Waals surface area (Å²) in [5.41, 5.74) is 3.34. The summed E-state index contributed by atoms with van der Waals surface area (Å²) in [6, 6.07) is 20.7. The Kier molecular flexibility index (Phi) is 10.6. The second-order valence-electron chi connectivity index (χ2n) is 11.3. The molecule has 0 saturated heterocycles. The Balaban J connectivity index is 1.47. The molecule has 1 saturated carbocycles. The fraction of sp³-hybridized carbons (Fsp3) is 0.378. The average Bonchev–Trinajstić information content (AvgIpc) is 3.08. The molecule has 1 unspecified atom stereocenters. The molecule has 1 aliphatic heterocycles. The molecule has 0 radical (unpaired) electrons. The first kappa shape index (κ1) is 32.6. The van der Waals surface area contributed by atoms with Gasteiger partial charge in [0.25, 0.3) is 0 Å². The highest BCUT2D eigenvalue weighted by Crippen LogP contribution is 2.48. The minimum atomic E-state index is -0.629. The summed E-state index contributed by atoms with van der Waals surface area (Å²) >= 11 is 0. The summed E-state index contributed by atoms with van der Waals surface area (Å²) in [6.45, 7) is 4.60. The van der Waals surface area contributed by atoms with Crippen molar-refractivity contribution in [2.75, 3.05) is 41.2 Å². The maximum Gasteiger partial charge on any atom is 0.336 e. The van der Waals surface area contributed by atoms with Gasteiger partial charge in [0.15, 0.2) is 23.0 Å². The number of nitrogens with zero attached hydrogens (tertiary/aromatic N) is 1. The SMILES string of the molecule is CCCOc1ccc([C@@H]2C(C(=O)OCCOc3ccccc3)=C(C)N=C3C[C@@H](c4ccc(OC)c(OC)c4)CC(=O)C32)cc1OC. The van der Waals surface area contributed by atoms with Crippen molar-refractivity contribution in [3.63, 3.8) is 0 Å². The highest BCUT2D eigenvalue weighted by molar-refractivity contribution is 6.12. The molecule has 9 nitrogen and oxygen atoms in total. The van der Waals surface area contributed by atoms with Crippen LogP contribution in [0, 0.1) is 5.92 Å². The molecule has 3 aromatic rings. The Morgan fingerprint density at radius 3 is 2.15 bits per heavy atom. The molecule has 3 atom stereocenters. The van der Waals surface area contributed by atoms with Gasteiger partial charge in [-0.05, 0) is 73.2 Å². The van der Waals surface area contributed by atoms with Gasteiger partial charge >= 0.3 is 5.97 Å². The van der Waals surface area contributed by atoms with Gasteiger partial charge in [-0.15, -0.1) is 0 Å². The van der Waals surface area contributed by atoms with Gasteiger partial charge in [-0.3, -0.25) is 9.79 Å². The molecule has 1 heterocycles.